The number of rotatable bonds is 1. The van der Waals surface area contributed by atoms with Crippen molar-refractivity contribution in [1.29, 1.82) is 0 Å². The maximum atomic E-state index is 10.4. The van der Waals surface area contributed by atoms with Crippen molar-refractivity contribution in [3.05, 3.63) is 0 Å². The first-order valence-electron chi connectivity index (χ1n) is 5.99. The molecule has 0 bridgehead atoms. The summed E-state index contributed by atoms with van der Waals surface area (Å²) in [6.45, 7) is 10.8. The summed E-state index contributed by atoms with van der Waals surface area (Å²) >= 11 is 0. The maximum absolute atomic E-state index is 10.4. The molecule has 0 radical (unpaired) electrons. The first-order valence-corrected chi connectivity index (χ1v) is 9.49. The van der Waals surface area contributed by atoms with Gasteiger partial charge in [0.05, 0.1) is 0 Å². The fraction of sp³-hybridized carbons (Fsp3) is 0.846. The van der Waals surface area contributed by atoms with Crippen LogP contribution in [0.2, 0.25) is 19.6 Å². The molecule has 0 amide bonds. The molecule has 1 aliphatic carbocycles. The van der Waals surface area contributed by atoms with E-state index in [1.165, 1.54) is 12.8 Å². The molecule has 86 valence electrons. The maximum Gasteiger partial charge on any atom is 0.129 e. The zero-order valence-corrected chi connectivity index (χ0v) is 11.7. The Bertz CT molecular complexity index is 277. The first-order chi connectivity index (χ1) is 6.72. The highest BCUT2D eigenvalue weighted by molar-refractivity contribution is 6.83. The summed E-state index contributed by atoms with van der Waals surface area (Å²) in [6.07, 6.45) is 3.63. The standard InChI is InChI=1S/C13H24OSi/c1-11-7-6-8-12(11)13(2,14)9-10-15(3,4)5/h11-12,14H,6-8H2,1-5H3/t11-,12+,13?/m1/s1. The molecule has 1 unspecified atom stereocenters. The Hall–Kier alpha value is -0.263. The van der Waals surface area contributed by atoms with E-state index < -0.39 is 13.7 Å². The molecule has 0 aromatic heterocycles. The zero-order valence-electron chi connectivity index (χ0n) is 10.7. The van der Waals surface area contributed by atoms with Crippen molar-refractivity contribution in [3.63, 3.8) is 0 Å². The van der Waals surface area contributed by atoms with Crippen molar-refractivity contribution in [2.24, 2.45) is 11.8 Å². The monoisotopic (exact) mass is 224 g/mol. The van der Waals surface area contributed by atoms with E-state index in [1.807, 2.05) is 6.92 Å². The van der Waals surface area contributed by atoms with Crippen LogP contribution < -0.4 is 0 Å². The summed E-state index contributed by atoms with van der Waals surface area (Å²) in [5, 5.41) is 10.4. The van der Waals surface area contributed by atoms with Crippen LogP contribution in [0.25, 0.3) is 0 Å². The van der Waals surface area contributed by atoms with Crippen molar-refractivity contribution in [2.75, 3.05) is 0 Å². The van der Waals surface area contributed by atoms with Crippen LogP contribution in [0.3, 0.4) is 0 Å². The second-order valence-corrected chi connectivity index (χ2v) is 10.9. The van der Waals surface area contributed by atoms with Crippen LogP contribution in [-0.2, 0) is 0 Å². The highest BCUT2D eigenvalue weighted by atomic mass is 28.3. The summed E-state index contributed by atoms with van der Waals surface area (Å²) < 4.78 is 0. The Labute approximate surface area is 95.3 Å². The SMILES string of the molecule is C[C@@H]1CCC[C@@H]1C(C)(O)C#C[Si](C)(C)C. The first kappa shape index (κ1) is 12.8. The van der Waals surface area contributed by atoms with Crippen molar-refractivity contribution < 1.29 is 5.11 Å². The van der Waals surface area contributed by atoms with E-state index >= 15 is 0 Å². The van der Waals surface area contributed by atoms with Crippen LogP contribution in [0.1, 0.15) is 33.1 Å². The Kier molecular flexibility index (Phi) is 3.68. The largest absolute Gasteiger partial charge is 0.378 e. The van der Waals surface area contributed by atoms with Gasteiger partial charge in [-0.25, -0.2) is 0 Å². The van der Waals surface area contributed by atoms with Gasteiger partial charge in [0.1, 0.15) is 13.7 Å². The minimum Gasteiger partial charge on any atom is -0.378 e. The molecule has 1 saturated carbocycles. The predicted molar refractivity (Wildman–Crippen MR) is 68.3 cm³/mol. The fourth-order valence-corrected chi connectivity index (χ4v) is 3.02. The molecule has 1 nitrogen and oxygen atoms in total. The van der Waals surface area contributed by atoms with Crippen LogP contribution in [0.4, 0.5) is 0 Å². The zero-order chi connectivity index (χ0) is 11.7. The normalized spacial score (nSPS) is 30.5. The molecule has 3 atom stereocenters. The molecule has 0 spiro atoms. The summed E-state index contributed by atoms with van der Waals surface area (Å²) in [4.78, 5) is 0. The highest BCUT2D eigenvalue weighted by Gasteiger charge is 2.37. The van der Waals surface area contributed by atoms with Gasteiger partial charge in [-0.1, -0.05) is 45.3 Å². The molecule has 0 aromatic rings. The molecule has 1 aliphatic rings. The van der Waals surface area contributed by atoms with E-state index in [-0.39, 0.29) is 0 Å². The van der Waals surface area contributed by atoms with E-state index in [1.54, 1.807) is 0 Å². The lowest BCUT2D eigenvalue weighted by molar-refractivity contribution is 0.0404. The second-order valence-electron chi connectivity index (χ2n) is 6.16. The lowest BCUT2D eigenvalue weighted by Gasteiger charge is -2.28. The molecule has 0 saturated heterocycles. The fourth-order valence-electron chi connectivity index (χ4n) is 2.39. The molecular formula is C13H24OSi. The molecule has 1 fully saturated rings. The molecular weight excluding hydrogens is 200 g/mol. The predicted octanol–water partition coefficient (Wildman–Crippen LogP) is 3.05. The summed E-state index contributed by atoms with van der Waals surface area (Å²) in [5.74, 6) is 4.14. The quantitative estimate of drug-likeness (QED) is 0.536. The average molecular weight is 224 g/mol. The summed E-state index contributed by atoms with van der Waals surface area (Å²) in [5.41, 5.74) is 2.53. The van der Waals surface area contributed by atoms with E-state index in [0.29, 0.717) is 11.8 Å². The van der Waals surface area contributed by atoms with Gasteiger partial charge in [-0.15, -0.1) is 5.54 Å². The minimum atomic E-state index is -1.36. The van der Waals surface area contributed by atoms with Gasteiger partial charge in [-0.3, -0.25) is 0 Å². The lowest BCUT2D eigenvalue weighted by atomic mass is 9.83. The van der Waals surface area contributed by atoms with Crippen LogP contribution in [0, 0.1) is 23.3 Å². The number of hydrogen-bond donors (Lipinski definition) is 1. The minimum absolute atomic E-state index is 0.376. The Morgan fingerprint density at radius 2 is 1.87 bits per heavy atom. The van der Waals surface area contributed by atoms with Crippen LogP contribution in [-0.4, -0.2) is 18.8 Å². The summed E-state index contributed by atoms with van der Waals surface area (Å²) in [7, 11) is -1.36. The van der Waals surface area contributed by atoms with Crippen LogP contribution in [0.15, 0.2) is 0 Å². The number of aliphatic hydroxyl groups is 1. The molecule has 0 aromatic carbocycles. The van der Waals surface area contributed by atoms with Gasteiger partial charge in [-0.2, -0.15) is 0 Å². The third-order valence-electron chi connectivity index (χ3n) is 3.27. The third-order valence-corrected chi connectivity index (χ3v) is 4.15. The average Bonchev–Trinajstić information content (AvgIpc) is 2.47. The molecule has 1 N–H and O–H groups in total. The van der Waals surface area contributed by atoms with Gasteiger partial charge in [-0.05, 0) is 19.3 Å². The van der Waals surface area contributed by atoms with E-state index in [9.17, 15) is 5.11 Å². The third kappa shape index (κ3) is 3.66. The molecule has 0 aliphatic heterocycles. The van der Waals surface area contributed by atoms with Crippen LogP contribution >= 0.6 is 0 Å². The lowest BCUT2D eigenvalue weighted by Crippen LogP contribution is -2.35. The smallest absolute Gasteiger partial charge is 0.129 e. The van der Waals surface area contributed by atoms with Gasteiger partial charge < -0.3 is 5.11 Å². The molecule has 0 heterocycles. The van der Waals surface area contributed by atoms with Crippen LogP contribution in [0.5, 0.6) is 0 Å². The van der Waals surface area contributed by atoms with E-state index in [0.717, 1.165) is 6.42 Å². The van der Waals surface area contributed by atoms with Gasteiger partial charge in [0.25, 0.3) is 0 Å². The Morgan fingerprint density at radius 3 is 2.27 bits per heavy atom. The van der Waals surface area contributed by atoms with Gasteiger partial charge in [0.2, 0.25) is 0 Å². The van der Waals surface area contributed by atoms with Crippen molar-refractivity contribution in [2.45, 2.75) is 58.4 Å². The van der Waals surface area contributed by atoms with Crippen molar-refractivity contribution in [1.82, 2.24) is 0 Å². The highest BCUT2D eigenvalue weighted by Crippen LogP contribution is 2.38. The molecule has 1 rings (SSSR count). The topological polar surface area (TPSA) is 20.2 Å². The number of hydrogen-bond acceptors (Lipinski definition) is 1. The van der Waals surface area contributed by atoms with Crippen molar-refractivity contribution in [3.8, 4) is 11.5 Å². The van der Waals surface area contributed by atoms with E-state index in [2.05, 4.69) is 38.0 Å². The van der Waals surface area contributed by atoms with Crippen molar-refractivity contribution >= 4 is 8.07 Å². The van der Waals surface area contributed by atoms with Gasteiger partial charge >= 0.3 is 0 Å². The molecule has 2 heteroatoms. The Morgan fingerprint density at radius 1 is 1.27 bits per heavy atom. The molecule has 15 heavy (non-hydrogen) atoms. The van der Waals surface area contributed by atoms with E-state index in [4.69, 9.17) is 0 Å². The van der Waals surface area contributed by atoms with Gasteiger partial charge in [0, 0.05) is 5.92 Å². The summed E-state index contributed by atoms with van der Waals surface area (Å²) in [6, 6.07) is 0. The Balaban J connectivity index is 2.77. The van der Waals surface area contributed by atoms with Gasteiger partial charge in [0.15, 0.2) is 0 Å². The second kappa shape index (κ2) is 4.31.